The number of aryl methyl sites for hydroxylation is 1. The molecule has 0 saturated heterocycles. The molecule has 0 aliphatic rings. The lowest BCUT2D eigenvalue weighted by molar-refractivity contribution is 1.14. The van der Waals surface area contributed by atoms with E-state index in [4.69, 9.17) is 17.3 Å². The lowest BCUT2D eigenvalue weighted by Gasteiger charge is -1.98. The lowest BCUT2D eigenvalue weighted by Crippen LogP contribution is -1.82. The normalized spacial score (nSPS) is 10.9. The minimum absolute atomic E-state index is 0.597. The molecule has 2 aromatic rings. The van der Waals surface area contributed by atoms with Crippen molar-refractivity contribution in [2.24, 2.45) is 0 Å². The summed E-state index contributed by atoms with van der Waals surface area (Å²) in [6.45, 7) is 2.07. The standard InChI is InChI=1S/C9H9ClN2S/c1-2-5-3-7-8(4-6(5)10)13-9(11)12-7/h3-4H,2H2,1H3,(H2,11,12). The SMILES string of the molecule is CCc1cc2nc(N)sc2cc1Cl. The molecule has 0 atom stereocenters. The van der Waals surface area contributed by atoms with E-state index in [1.165, 1.54) is 11.3 Å². The molecule has 4 heteroatoms. The van der Waals surface area contributed by atoms with Crippen molar-refractivity contribution in [3.63, 3.8) is 0 Å². The van der Waals surface area contributed by atoms with E-state index in [1.54, 1.807) is 0 Å². The average Bonchev–Trinajstić information content (AvgIpc) is 2.42. The fourth-order valence-electron chi connectivity index (χ4n) is 1.28. The number of benzene rings is 1. The van der Waals surface area contributed by atoms with Gasteiger partial charge in [-0.05, 0) is 24.1 Å². The van der Waals surface area contributed by atoms with Crippen molar-refractivity contribution in [2.45, 2.75) is 13.3 Å². The van der Waals surface area contributed by atoms with Crippen LogP contribution < -0.4 is 5.73 Å². The van der Waals surface area contributed by atoms with Crippen LogP contribution in [0.2, 0.25) is 5.02 Å². The molecule has 0 saturated carbocycles. The summed E-state index contributed by atoms with van der Waals surface area (Å²) in [5.41, 5.74) is 7.67. The molecule has 1 heterocycles. The van der Waals surface area contributed by atoms with Gasteiger partial charge in [-0.1, -0.05) is 29.9 Å². The van der Waals surface area contributed by atoms with Gasteiger partial charge in [-0.3, -0.25) is 0 Å². The molecular weight excluding hydrogens is 204 g/mol. The molecule has 13 heavy (non-hydrogen) atoms. The van der Waals surface area contributed by atoms with Gasteiger partial charge in [-0.15, -0.1) is 0 Å². The number of rotatable bonds is 1. The molecule has 0 fully saturated rings. The Labute approximate surface area is 85.3 Å². The number of nitrogens with two attached hydrogens (primary N) is 1. The molecule has 2 nitrogen and oxygen atoms in total. The molecule has 0 aliphatic carbocycles. The second-order valence-corrected chi connectivity index (χ2v) is 4.29. The van der Waals surface area contributed by atoms with Crippen LogP contribution in [0.4, 0.5) is 5.13 Å². The number of nitrogen functional groups attached to an aromatic ring is 1. The average molecular weight is 213 g/mol. The summed E-state index contributed by atoms with van der Waals surface area (Å²) < 4.78 is 1.06. The van der Waals surface area contributed by atoms with E-state index in [1.807, 2.05) is 12.1 Å². The second-order valence-electron chi connectivity index (χ2n) is 2.82. The first-order chi connectivity index (χ1) is 6.20. The van der Waals surface area contributed by atoms with E-state index in [0.29, 0.717) is 5.13 Å². The summed E-state index contributed by atoms with van der Waals surface area (Å²) in [4.78, 5) is 4.20. The number of anilines is 1. The Morgan fingerprint density at radius 2 is 2.31 bits per heavy atom. The van der Waals surface area contributed by atoms with Crippen LogP contribution in [0, 0.1) is 0 Å². The summed E-state index contributed by atoms with van der Waals surface area (Å²) in [5.74, 6) is 0. The molecule has 2 rings (SSSR count). The minimum atomic E-state index is 0.597. The molecular formula is C9H9ClN2S. The predicted octanol–water partition coefficient (Wildman–Crippen LogP) is 3.09. The highest BCUT2D eigenvalue weighted by atomic mass is 35.5. The number of aromatic nitrogens is 1. The third-order valence-corrected chi connectivity index (χ3v) is 3.15. The van der Waals surface area contributed by atoms with Crippen LogP contribution in [0.25, 0.3) is 10.2 Å². The number of hydrogen-bond acceptors (Lipinski definition) is 3. The first-order valence-corrected chi connectivity index (χ1v) is 5.24. The molecule has 1 aromatic carbocycles. The van der Waals surface area contributed by atoms with E-state index >= 15 is 0 Å². The maximum atomic E-state index is 6.05. The number of fused-ring (bicyclic) bond motifs is 1. The fraction of sp³-hybridized carbons (Fsp3) is 0.222. The third kappa shape index (κ3) is 1.49. The zero-order chi connectivity index (χ0) is 9.42. The van der Waals surface area contributed by atoms with Crippen molar-refractivity contribution in [1.82, 2.24) is 4.98 Å². The van der Waals surface area contributed by atoms with Gasteiger partial charge in [0.25, 0.3) is 0 Å². The van der Waals surface area contributed by atoms with Crippen molar-refractivity contribution < 1.29 is 0 Å². The van der Waals surface area contributed by atoms with E-state index in [-0.39, 0.29) is 0 Å². The highest BCUT2D eigenvalue weighted by Gasteiger charge is 2.05. The Morgan fingerprint density at radius 3 is 3.00 bits per heavy atom. The van der Waals surface area contributed by atoms with Crippen molar-refractivity contribution in [3.8, 4) is 0 Å². The maximum absolute atomic E-state index is 6.05. The highest BCUT2D eigenvalue weighted by molar-refractivity contribution is 7.22. The summed E-state index contributed by atoms with van der Waals surface area (Å²) in [7, 11) is 0. The molecule has 0 bridgehead atoms. The summed E-state index contributed by atoms with van der Waals surface area (Å²) in [5, 5.41) is 1.40. The van der Waals surface area contributed by atoms with Crippen LogP contribution in [-0.2, 0) is 6.42 Å². The Morgan fingerprint density at radius 1 is 1.54 bits per heavy atom. The molecule has 0 spiro atoms. The maximum Gasteiger partial charge on any atom is 0.181 e. The molecule has 0 aliphatic heterocycles. The van der Waals surface area contributed by atoms with Crippen LogP contribution in [0.15, 0.2) is 12.1 Å². The summed E-state index contributed by atoms with van der Waals surface area (Å²) in [6.07, 6.45) is 0.923. The molecule has 2 N–H and O–H groups in total. The lowest BCUT2D eigenvalue weighted by atomic mass is 10.1. The Balaban J connectivity index is 2.72. The summed E-state index contributed by atoms with van der Waals surface area (Å²) in [6, 6.07) is 3.94. The van der Waals surface area contributed by atoms with E-state index in [2.05, 4.69) is 11.9 Å². The van der Waals surface area contributed by atoms with Crippen LogP contribution in [0.3, 0.4) is 0 Å². The first kappa shape index (κ1) is 8.78. The topological polar surface area (TPSA) is 38.9 Å². The number of thiazole rings is 1. The number of halogens is 1. The van der Waals surface area contributed by atoms with Gasteiger partial charge in [-0.25, -0.2) is 4.98 Å². The van der Waals surface area contributed by atoms with E-state index in [0.717, 1.165) is 27.2 Å². The monoisotopic (exact) mass is 212 g/mol. The zero-order valence-corrected chi connectivity index (χ0v) is 8.75. The third-order valence-electron chi connectivity index (χ3n) is 1.95. The second kappa shape index (κ2) is 3.16. The van der Waals surface area contributed by atoms with Gasteiger partial charge in [0.1, 0.15) is 0 Å². The van der Waals surface area contributed by atoms with Crippen LogP contribution in [-0.4, -0.2) is 4.98 Å². The van der Waals surface area contributed by atoms with E-state index < -0.39 is 0 Å². The van der Waals surface area contributed by atoms with Gasteiger partial charge in [0.2, 0.25) is 0 Å². The zero-order valence-electron chi connectivity index (χ0n) is 7.17. The predicted molar refractivity (Wildman–Crippen MR) is 58.4 cm³/mol. The Bertz CT molecular complexity index is 450. The number of nitrogens with zero attached hydrogens (tertiary/aromatic N) is 1. The van der Waals surface area contributed by atoms with Crippen LogP contribution >= 0.6 is 22.9 Å². The van der Waals surface area contributed by atoms with Gasteiger partial charge in [0.15, 0.2) is 5.13 Å². The van der Waals surface area contributed by atoms with Gasteiger partial charge in [0.05, 0.1) is 10.2 Å². The Kier molecular flexibility index (Phi) is 2.14. The molecule has 0 radical (unpaired) electrons. The molecule has 68 valence electrons. The molecule has 0 amide bonds. The smallest absolute Gasteiger partial charge is 0.181 e. The van der Waals surface area contributed by atoms with Gasteiger partial charge in [0, 0.05) is 5.02 Å². The number of hydrogen-bond donors (Lipinski definition) is 1. The van der Waals surface area contributed by atoms with Gasteiger partial charge < -0.3 is 5.73 Å². The highest BCUT2D eigenvalue weighted by Crippen LogP contribution is 2.29. The van der Waals surface area contributed by atoms with E-state index in [9.17, 15) is 0 Å². The van der Waals surface area contributed by atoms with Crippen molar-refractivity contribution in [3.05, 3.63) is 22.7 Å². The molecule has 1 aromatic heterocycles. The van der Waals surface area contributed by atoms with Gasteiger partial charge >= 0.3 is 0 Å². The van der Waals surface area contributed by atoms with Crippen LogP contribution in [0.1, 0.15) is 12.5 Å². The summed E-state index contributed by atoms with van der Waals surface area (Å²) >= 11 is 7.52. The molecule has 0 unspecified atom stereocenters. The fourth-order valence-corrected chi connectivity index (χ4v) is 2.40. The largest absolute Gasteiger partial charge is 0.375 e. The van der Waals surface area contributed by atoms with Crippen LogP contribution in [0.5, 0.6) is 0 Å². The Hall–Kier alpha value is -0.800. The van der Waals surface area contributed by atoms with Crippen molar-refractivity contribution in [2.75, 3.05) is 5.73 Å². The first-order valence-electron chi connectivity index (χ1n) is 4.05. The quantitative estimate of drug-likeness (QED) is 0.789. The van der Waals surface area contributed by atoms with Gasteiger partial charge in [-0.2, -0.15) is 0 Å². The minimum Gasteiger partial charge on any atom is -0.375 e. The van der Waals surface area contributed by atoms with Crippen molar-refractivity contribution >= 4 is 38.3 Å². The van der Waals surface area contributed by atoms with Crippen molar-refractivity contribution in [1.29, 1.82) is 0 Å².